The molecule has 0 bridgehead atoms. The lowest BCUT2D eigenvalue weighted by Crippen LogP contribution is -2.20. The van der Waals surface area contributed by atoms with E-state index in [1.165, 1.54) is 6.08 Å². The fourth-order valence-electron chi connectivity index (χ4n) is 3.70. The molecule has 0 spiro atoms. The van der Waals surface area contributed by atoms with Crippen LogP contribution in [0.4, 0.5) is 0 Å². The van der Waals surface area contributed by atoms with Crippen LogP contribution in [-0.2, 0) is 4.84 Å². The summed E-state index contributed by atoms with van der Waals surface area (Å²) in [7, 11) is 5.46. The van der Waals surface area contributed by atoms with Crippen molar-refractivity contribution in [3.63, 3.8) is 0 Å². The number of carbonyl (C=O) groups is 1. The van der Waals surface area contributed by atoms with E-state index in [1.54, 1.807) is 31.4 Å². The number of allylic oxidation sites excluding steroid dienone is 2. The molecule has 3 aliphatic rings. The summed E-state index contributed by atoms with van der Waals surface area (Å²) in [5.41, 5.74) is 2.76. The molecule has 2 heterocycles. The van der Waals surface area contributed by atoms with Gasteiger partial charge in [0.15, 0.2) is 28.8 Å². The average molecular weight is 438 g/mol. The quantitative estimate of drug-likeness (QED) is 0.503. The molecule has 5 rings (SSSR count). The van der Waals surface area contributed by atoms with Gasteiger partial charge in [-0.15, -0.1) is 0 Å². The van der Waals surface area contributed by atoms with E-state index < -0.39 is 0 Å². The van der Waals surface area contributed by atoms with E-state index in [4.69, 9.17) is 28.5 Å². The van der Waals surface area contributed by atoms with Crippen LogP contribution in [0.15, 0.2) is 35.5 Å². The van der Waals surface area contributed by atoms with Crippen molar-refractivity contribution in [3.8, 4) is 28.7 Å². The summed E-state index contributed by atoms with van der Waals surface area (Å²) in [6.45, 7) is 1.31. The number of likely N-dealkylation sites (N-methyl/N-ethyl adjacent to an activating group) is 1. The van der Waals surface area contributed by atoms with Crippen molar-refractivity contribution in [1.29, 1.82) is 0 Å². The van der Waals surface area contributed by atoms with Gasteiger partial charge in [-0.2, -0.15) is 0 Å². The minimum Gasteiger partial charge on any atom is -0.496 e. The van der Waals surface area contributed by atoms with Gasteiger partial charge in [-0.3, -0.25) is 4.79 Å². The second-order valence-electron chi connectivity index (χ2n) is 7.66. The first-order valence-electron chi connectivity index (χ1n) is 10.1. The first-order valence-corrected chi connectivity index (χ1v) is 10.1. The average Bonchev–Trinajstić information content (AvgIpc) is 3.43. The van der Waals surface area contributed by atoms with Crippen molar-refractivity contribution in [3.05, 3.63) is 47.0 Å². The molecule has 2 aromatic carbocycles. The summed E-state index contributed by atoms with van der Waals surface area (Å²) in [6, 6.07) is 6.96. The van der Waals surface area contributed by atoms with E-state index in [0.29, 0.717) is 69.9 Å². The van der Waals surface area contributed by atoms with E-state index in [-0.39, 0.29) is 19.4 Å². The standard InChI is InChI=1S/C23H22N2O7/c1-25(2)4-5-32-24-23-15(14-8-20-22(31-12-29-20)10-18(14)27-3)6-17(26)13-7-19-21(9-16(13)23)30-11-28-19/h6-10H,4-5,11-12H2,1-3H3/b24-23-. The molecule has 9 nitrogen and oxygen atoms in total. The highest BCUT2D eigenvalue weighted by molar-refractivity contribution is 6.41. The second-order valence-corrected chi connectivity index (χ2v) is 7.66. The molecule has 9 heteroatoms. The lowest BCUT2D eigenvalue weighted by Gasteiger charge is -2.21. The highest BCUT2D eigenvalue weighted by Crippen LogP contribution is 2.44. The van der Waals surface area contributed by atoms with Crippen LogP contribution in [0.1, 0.15) is 21.5 Å². The third-order valence-electron chi connectivity index (χ3n) is 5.33. The summed E-state index contributed by atoms with van der Waals surface area (Å²) < 4.78 is 27.6. The summed E-state index contributed by atoms with van der Waals surface area (Å²) in [6.07, 6.45) is 1.53. The Morgan fingerprint density at radius 1 is 0.906 bits per heavy atom. The van der Waals surface area contributed by atoms with Crippen LogP contribution in [0.25, 0.3) is 5.57 Å². The Hall–Kier alpha value is -3.72. The van der Waals surface area contributed by atoms with E-state index in [2.05, 4.69) is 5.16 Å². The van der Waals surface area contributed by atoms with Crippen LogP contribution < -0.4 is 23.7 Å². The molecular weight excluding hydrogens is 416 g/mol. The molecule has 1 aliphatic carbocycles. The molecule has 0 atom stereocenters. The predicted octanol–water partition coefficient (Wildman–Crippen LogP) is 2.71. The third-order valence-corrected chi connectivity index (χ3v) is 5.33. The SMILES string of the molecule is COc1cc2c(cc1C1=CC(=O)c3cc4c(cc3/C1=N\OCCN(C)C)OCO4)OCO2. The zero-order valence-corrected chi connectivity index (χ0v) is 18.0. The van der Waals surface area contributed by atoms with Crippen molar-refractivity contribution >= 4 is 17.1 Å². The topological polar surface area (TPSA) is 88.1 Å². The number of ketones is 1. The number of ether oxygens (including phenoxy) is 5. The van der Waals surface area contributed by atoms with Gasteiger partial charge in [0, 0.05) is 34.9 Å². The number of carbonyl (C=O) groups excluding carboxylic acids is 1. The van der Waals surface area contributed by atoms with Crippen LogP contribution in [0, 0.1) is 0 Å². The largest absolute Gasteiger partial charge is 0.496 e. The second kappa shape index (κ2) is 8.08. The van der Waals surface area contributed by atoms with Crippen LogP contribution in [0.2, 0.25) is 0 Å². The molecule has 0 fully saturated rings. The van der Waals surface area contributed by atoms with Gasteiger partial charge in [0.05, 0.1) is 7.11 Å². The lowest BCUT2D eigenvalue weighted by molar-refractivity contribution is 0.104. The monoisotopic (exact) mass is 438 g/mol. The molecule has 2 aromatic rings. The molecule has 32 heavy (non-hydrogen) atoms. The summed E-state index contributed by atoms with van der Waals surface area (Å²) >= 11 is 0. The molecule has 0 saturated heterocycles. The molecule has 0 N–H and O–H groups in total. The van der Waals surface area contributed by atoms with Gasteiger partial charge in [0.2, 0.25) is 13.6 Å². The van der Waals surface area contributed by atoms with Crippen LogP contribution in [-0.4, -0.2) is 64.3 Å². The van der Waals surface area contributed by atoms with Gasteiger partial charge in [-0.05, 0) is 38.4 Å². The molecular formula is C23H22N2O7. The zero-order chi connectivity index (χ0) is 22.2. The molecule has 0 unspecified atom stereocenters. The Bertz CT molecular complexity index is 1150. The predicted molar refractivity (Wildman–Crippen MR) is 115 cm³/mol. The maximum atomic E-state index is 13.1. The molecule has 166 valence electrons. The normalized spacial score (nSPS) is 16.9. The minimum atomic E-state index is -0.180. The minimum absolute atomic E-state index is 0.106. The van der Waals surface area contributed by atoms with E-state index >= 15 is 0 Å². The number of hydrogen-bond acceptors (Lipinski definition) is 9. The molecule has 0 amide bonds. The van der Waals surface area contributed by atoms with Gasteiger partial charge in [0.1, 0.15) is 18.1 Å². The number of nitrogens with zero attached hydrogens (tertiary/aromatic N) is 2. The molecule has 0 aromatic heterocycles. The Morgan fingerprint density at radius 3 is 2.12 bits per heavy atom. The smallest absolute Gasteiger partial charge is 0.231 e. The van der Waals surface area contributed by atoms with Gasteiger partial charge >= 0.3 is 0 Å². The number of methoxy groups -OCH3 is 1. The summed E-state index contributed by atoms with van der Waals surface area (Å²) in [5.74, 6) is 2.58. The van der Waals surface area contributed by atoms with E-state index in [1.807, 2.05) is 19.0 Å². The number of fused-ring (bicyclic) bond motifs is 3. The van der Waals surface area contributed by atoms with Crippen molar-refractivity contribution in [1.82, 2.24) is 4.90 Å². The number of rotatable bonds is 6. The first kappa shape index (κ1) is 20.2. The zero-order valence-electron chi connectivity index (χ0n) is 18.0. The Balaban J connectivity index is 1.63. The van der Waals surface area contributed by atoms with Gasteiger partial charge < -0.3 is 33.4 Å². The Morgan fingerprint density at radius 2 is 1.50 bits per heavy atom. The third kappa shape index (κ3) is 3.50. The maximum absolute atomic E-state index is 13.1. The lowest BCUT2D eigenvalue weighted by atomic mass is 9.85. The summed E-state index contributed by atoms with van der Waals surface area (Å²) in [4.78, 5) is 20.7. The van der Waals surface area contributed by atoms with Crippen molar-refractivity contribution in [2.75, 3.05) is 47.9 Å². The van der Waals surface area contributed by atoms with Crippen molar-refractivity contribution < 1.29 is 33.3 Å². The van der Waals surface area contributed by atoms with Crippen molar-refractivity contribution in [2.45, 2.75) is 0 Å². The van der Waals surface area contributed by atoms with Crippen LogP contribution in [0.3, 0.4) is 0 Å². The fraction of sp³-hybridized carbons (Fsp3) is 0.304. The maximum Gasteiger partial charge on any atom is 0.231 e. The van der Waals surface area contributed by atoms with E-state index in [0.717, 1.165) is 0 Å². The van der Waals surface area contributed by atoms with E-state index in [9.17, 15) is 4.79 Å². The van der Waals surface area contributed by atoms with Gasteiger partial charge in [0.25, 0.3) is 0 Å². The van der Waals surface area contributed by atoms with Crippen molar-refractivity contribution in [2.24, 2.45) is 5.16 Å². The highest BCUT2D eigenvalue weighted by atomic mass is 16.7. The van der Waals surface area contributed by atoms with Crippen LogP contribution >= 0.6 is 0 Å². The number of oxime groups is 1. The first-order chi connectivity index (χ1) is 15.5. The Labute approximate surface area is 184 Å². The van der Waals surface area contributed by atoms with Gasteiger partial charge in [-0.1, -0.05) is 5.16 Å². The molecule has 0 radical (unpaired) electrons. The van der Waals surface area contributed by atoms with Crippen LogP contribution in [0.5, 0.6) is 28.7 Å². The Kier molecular flexibility index (Phi) is 5.10. The molecule has 2 aliphatic heterocycles. The van der Waals surface area contributed by atoms with Gasteiger partial charge in [-0.25, -0.2) is 0 Å². The number of benzene rings is 2. The molecule has 0 saturated carbocycles. The summed E-state index contributed by atoms with van der Waals surface area (Å²) in [5, 5.41) is 4.43. The highest BCUT2D eigenvalue weighted by Gasteiger charge is 2.32. The number of hydrogen-bond donors (Lipinski definition) is 0. The fourth-order valence-corrected chi connectivity index (χ4v) is 3.70.